The molecule has 1 aliphatic rings. The predicted octanol–water partition coefficient (Wildman–Crippen LogP) is 3.88. The predicted molar refractivity (Wildman–Crippen MR) is 103 cm³/mol. The van der Waals surface area contributed by atoms with Crippen molar-refractivity contribution < 1.29 is 4.79 Å². The van der Waals surface area contributed by atoms with Gasteiger partial charge in [0, 0.05) is 47.6 Å². The lowest BCUT2D eigenvalue weighted by Crippen LogP contribution is -2.04. The molecule has 0 atom stereocenters. The summed E-state index contributed by atoms with van der Waals surface area (Å²) in [7, 11) is 1.72. The number of aromatic amines is 1. The highest BCUT2D eigenvalue weighted by Crippen LogP contribution is 2.31. The number of benzene rings is 1. The Kier molecular flexibility index (Phi) is 3.82. The van der Waals surface area contributed by atoms with Crippen LogP contribution in [0.3, 0.4) is 0 Å². The van der Waals surface area contributed by atoms with Crippen molar-refractivity contribution in [3.05, 3.63) is 65.9 Å². The average Bonchev–Trinajstić information content (AvgIpc) is 3.10. The molecule has 0 spiro atoms. The molecule has 4 rings (SSSR count). The molecule has 0 radical (unpaired) electrons. The fourth-order valence-electron chi connectivity index (χ4n) is 2.95. The molecule has 6 heteroatoms. The Hall–Kier alpha value is -3.72. The van der Waals surface area contributed by atoms with E-state index in [1.807, 2.05) is 36.5 Å². The third-order valence-corrected chi connectivity index (χ3v) is 4.33. The molecule has 0 bridgehead atoms. The molecule has 126 valence electrons. The van der Waals surface area contributed by atoms with Crippen LogP contribution in [0, 0.1) is 6.57 Å². The lowest BCUT2D eigenvalue weighted by Gasteiger charge is -2.08. The van der Waals surface area contributed by atoms with E-state index in [1.165, 1.54) is 5.01 Å². The van der Waals surface area contributed by atoms with Gasteiger partial charge in [0.15, 0.2) is 5.78 Å². The number of rotatable bonds is 3. The number of nitrogens with zero attached hydrogens (tertiary/aromatic N) is 4. The summed E-state index contributed by atoms with van der Waals surface area (Å²) < 4.78 is 0. The van der Waals surface area contributed by atoms with Crippen molar-refractivity contribution in [3.8, 4) is 11.1 Å². The molecule has 3 aromatic rings. The normalized spacial score (nSPS) is 13.5. The van der Waals surface area contributed by atoms with E-state index in [0.717, 1.165) is 33.4 Å². The van der Waals surface area contributed by atoms with E-state index in [9.17, 15) is 4.79 Å². The largest absolute Gasteiger partial charge is 0.345 e. The number of allylic oxidation sites excluding steroid dienone is 1. The molecule has 26 heavy (non-hydrogen) atoms. The van der Waals surface area contributed by atoms with Crippen LogP contribution in [-0.2, 0) is 4.79 Å². The first-order valence-electron chi connectivity index (χ1n) is 8.12. The quantitative estimate of drug-likeness (QED) is 0.581. The lowest BCUT2D eigenvalue weighted by molar-refractivity contribution is -0.113. The Balaban J connectivity index is 1.81. The number of carbonyl (C=O) groups excluding carboxylic acids is 1. The maximum atomic E-state index is 11.7. The number of pyridine rings is 1. The number of hydrogen-bond acceptors (Lipinski definition) is 4. The summed E-state index contributed by atoms with van der Waals surface area (Å²) in [6.45, 7) is 7.15. The van der Waals surface area contributed by atoms with Gasteiger partial charge in [0.25, 0.3) is 0 Å². The van der Waals surface area contributed by atoms with Gasteiger partial charge >= 0.3 is 0 Å². The third-order valence-electron chi connectivity index (χ3n) is 4.33. The Morgan fingerprint density at radius 3 is 2.96 bits per heavy atom. The number of anilines is 1. The van der Waals surface area contributed by atoms with Crippen molar-refractivity contribution in [2.45, 2.75) is 6.42 Å². The Morgan fingerprint density at radius 1 is 1.27 bits per heavy atom. The number of nitrogens with one attached hydrogen (secondary N) is 1. The van der Waals surface area contributed by atoms with E-state index in [2.05, 4.69) is 19.9 Å². The van der Waals surface area contributed by atoms with Gasteiger partial charge in [0.05, 0.1) is 12.7 Å². The SMILES string of the molecule is [C-]#[N+]N(C)c1cccc(-c2cnc3[nH]cc(C4=CC(=O)CC=N4)c3c2)c1. The second-order valence-electron chi connectivity index (χ2n) is 6.01. The van der Waals surface area contributed by atoms with Crippen molar-refractivity contribution in [2.24, 2.45) is 4.99 Å². The summed E-state index contributed by atoms with van der Waals surface area (Å²) in [6, 6.07) is 9.77. The molecule has 0 saturated heterocycles. The van der Waals surface area contributed by atoms with Gasteiger partial charge < -0.3 is 4.98 Å². The minimum Gasteiger partial charge on any atom is -0.345 e. The average molecular weight is 341 g/mol. The van der Waals surface area contributed by atoms with Crippen molar-refractivity contribution >= 4 is 34.4 Å². The summed E-state index contributed by atoms with van der Waals surface area (Å²) >= 11 is 0. The monoisotopic (exact) mass is 341 g/mol. The van der Waals surface area contributed by atoms with Gasteiger partial charge in [-0.25, -0.2) is 4.98 Å². The van der Waals surface area contributed by atoms with Crippen LogP contribution in [0.1, 0.15) is 12.0 Å². The van der Waals surface area contributed by atoms with Crippen LogP contribution < -0.4 is 5.01 Å². The van der Waals surface area contributed by atoms with Gasteiger partial charge in [-0.1, -0.05) is 17.1 Å². The molecular formula is C20H15N5O. The number of carbonyl (C=O) groups is 1. The number of H-pyrrole nitrogens is 1. The zero-order valence-corrected chi connectivity index (χ0v) is 14.1. The first kappa shape index (κ1) is 15.8. The van der Waals surface area contributed by atoms with E-state index in [4.69, 9.17) is 6.57 Å². The number of fused-ring (bicyclic) bond motifs is 1. The smallest absolute Gasteiger partial charge is 0.163 e. The van der Waals surface area contributed by atoms with Crippen molar-refractivity contribution in [2.75, 3.05) is 12.1 Å². The summed E-state index contributed by atoms with van der Waals surface area (Å²) in [6.07, 6.45) is 7.17. The summed E-state index contributed by atoms with van der Waals surface area (Å²) in [5, 5.41) is 2.40. The molecule has 6 nitrogen and oxygen atoms in total. The van der Waals surface area contributed by atoms with E-state index in [-0.39, 0.29) is 5.78 Å². The van der Waals surface area contributed by atoms with Gasteiger partial charge in [0.2, 0.25) is 0 Å². The fourth-order valence-corrected chi connectivity index (χ4v) is 2.95. The van der Waals surface area contributed by atoms with Gasteiger partial charge in [-0.15, -0.1) is 0 Å². The van der Waals surface area contributed by atoms with Crippen molar-refractivity contribution in [3.63, 3.8) is 0 Å². The number of aromatic nitrogens is 2. The van der Waals surface area contributed by atoms with Crippen molar-refractivity contribution in [1.82, 2.24) is 9.97 Å². The van der Waals surface area contributed by atoms with Gasteiger partial charge in [0.1, 0.15) is 11.3 Å². The standard InChI is InChI=1S/C20H15N5O/c1-21-25(2)15-5-3-4-13(8-15)14-9-17-18(12-24-20(17)23-11-14)19-10-16(26)6-7-22-19/h3-5,7-12H,6H2,2H3,(H,23,24). The molecule has 3 heterocycles. The summed E-state index contributed by atoms with van der Waals surface area (Å²) in [4.78, 5) is 27.1. The second kappa shape index (κ2) is 6.30. The first-order chi connectivity index (χ1) is 12.7. The topological polar surface area (TPSA) is 65.7 Å². The highest BCUT2D eigenvalue weighted by molar-refractivity contribution is 6.09. The Bertz CT molecular complexity index is 1120. The summed E-state index contributed by atoms with van der Waals surface area (Å²) in [5.41, 5.74) is 4.97. The molecule has 0 unspecified atom stereocenters. The fraction of sp³-hybridized carbons (Fsp3) is 0.100. The Morgan fingerprint density at radius 2 is 2.15 bits per heavy atom. The van der Waals surface area contributed by atoms with Crippen molar-refractivity contribution in [1.29, 1.82) is 0 Å². The minimum atomic E-state index is 0.0448. The zero-order chi connectivity index (χ0) is 18.1. The van der Waals surface area contributed by atoms with Crippen LogP contribution in [0.4, 0.5) is 5.69 Å². The number of aliphatic imine (C=N–C) groups is 1. The van der Waals surface area contributed by atoms with Crippen LogP contribution in [0.2, 0.25) is 0 Å². The molecule has 0 saturated carbocycles. The molecule has 1 N–H and O–H groups in total. The molecule has 1 aliphatic heterocycles. The Labute approximate surface area is 150 Å². The van der Waals surface area contributed by atoms with E-state index < -0.39 is 0 Å². The van der Waals surface area contributed by atoms with E-state index in [1.54, 1.807) is 25.5 Å². The molecule has 0 amide bonds. The van der Waals surface area contributed by atoms with Crippen LogP contribution in [0.25, 0.3) is 32.8 Å². The van der Waals surface area contributed by atoms with Gasteiger partial charge in [-0.2, -0.15) is 11.5 Å². The summed E-state index contributed by atoms with van der Waals surface area (Å²) in [5.74, 6) is 0.0448. The maximum Gasteiger partial charge on any atom is 0.163 e. The molecule has 0 fully saturated rings. The van der Waals surface area contributed by atoms with Gasteiger partial charge in [-0.05, 0) is 23.8 Å². The maximum absolute atomic E-state index is 11.7. The van der Waals surface area contributed by atoms with E-state index in [0.29, 0.717) is 12.1 Å². The van der Waals surface area contributed by atoms with Crippen LogP contribution in [0.5, 0.6) is 0 Å². The second-order valence-corrected chi connectivity index (χ2v) is 6.01. The lowest BCUT2D eigenvalue weighted by atomic mass is 10.0. The molecular weight excluding hydrogens is 326 g/mol. The molecule has 1 aromatic carbocycles. The van der Waals surface area contributed by atoms with Crippen LogP contribution >= 0.6 is 0 Å². The van der Waals surface area contributed by atoms with E-state index >= 15 is 0 Å². The minimum absolute atomic E-state index is 0.0448. The molecule has 0 aliphatic carbocycles. The number of hydrogen-bond donors (Lipinski definition) is 1. The highest BCUT2D eigenvalue weighted by atomic mass is 16.1. The zero-order valence-electron chi connectivity index (χ0n) is 14.1. The highest BCUT2D eigenvalue weighted by Gasteiger charge is 2.14. The number of ketones is 1. The first-order valence-corrected chi connectivity index (χ1v) is 8.12. The molecule has 2 aromatic heterocycles. The van der Waals surface area contributed by atoms with Crippen LogP contribution in [-0.4, -0.2) is 29.0 Å². The van der Waals surface area contributed by atoms with Crippen LogP contribution in [0.15, 0.2) is 53.8 Å². The van der Waals surface area contributed by atoms with Gasteiger partial charge in [-0.3, -0.25) is 9.79 Å². The third kappa shape index (κ3) is 2.76.